The van der Waals surface area contributed by atoms with Crippen LogP contribution in [0.5, 0.6) is 0 Å². The van der Waals surface area contributed by atoms with Crippen LogP contribution in [-0.2, 0) is 16.1 Å². The Hall–Kier alpha value is -1.68. The Morgan fingerprint density at radius 2 is 1.65 bits per heavy atom. The van der Waals surface area contributed by atoms with E-state index in [1.54, 1.807) is 0 Å². The minimum absolute atomic E-state index is 0.104. The number of carbonyl (C=O) groups is 2. The number of carbonyl (C=O) groups excluding carboxylic acids is 2. The van der Waals surface area contributed by atoms with Crippen molar-refractivity contribution in [1.82, 2.24) is 4.90 Å². The van der Waals surface area contributed by atoms with Crippen molar-refractivity contribution in [2.24, 2.45) is 17.6 Å². The predicted molar refractivity (Wildman–Crippen MR) is 61.7 cm³/mol. The van der Waals surface area contributed by atoms with Crippen LogP contribution in [0.2, 0.25) is 0 Å². The number of hydrogen-bond donors (Lipinski definition) is 1. The molecule has 1 saturated carbocycles. The second kappa shape index (κ2) is 3.40. The number of imide groups is 1. The number of likely N-dealkylation sites (tertiary alicyclic amines) is 1. The molecule has 1 aromatic rings. The molecule has 2 amide bonds. The van der Waals surface area contributed by atoms with Gasteiger partial charge in [0.2, 0.25) is 11.8 Å². The fourth-order valence-corrected chi connectivity index (χ4v) is 2.47. The highest BCUT2D eigenvalue weighted by molar-refractivity contribution is 6.10. The maximum absolute atomic E-state index is 11.9. The highest BCUT2D eigenvalue weighted by Gasteiger charge is 2.65. The van der Waals surface area contributed by atoms with E-state index < -0.39 is 0 Å². The molecule has 88 valence electrons. The van der Waals surface area contributed by atoms with Gasteiger partial charge in [-0.05, 0) is 12.5 Å². The van der Waals surface area contributed by atoms with Gasteiger partial charge in [0, 0.05) is 6.04 Å². The summed E-state index contributed by atoms with van der Waals surface area (Å²) in [6, 6.07) is 7.61. The lowest BCUT2D eigenvalue weighted by molar-refractivity contribution is -0.142. The highest BCUT2D eigenvalue weighted by Crippen LogP contribution is 2.46. The molecule has 2 N–H and O–H groups in total. The van der Waals surface area contributed by atoms with Gasteiger partial charge < -0.3 is 5.73 Å². The Labute approximate surface area is 99.4 Å². The average molecular weight is 230 g/mol. The van der Waals surface area contributed by atoms with Gasteiger partial charge in [0.25, 0.3) is 0 Å². The van der Waals surface area contributed by atoms with E-state index in [9.17, 15) is 9.59 Å². The van der Waals surface area contributed by atoms with Crippen molar-refractivity contribution < 1.29 is 9.59 Å². The second-order valence-electron chi connectivity index (χ2n) is 4.88. The summed E-state index contributed by atoms with van der Waals surface area (Å²) in [4.78, 5) is 25.1. The molecule has 1 aromatic carbocycles. The summed E-state index contributed by atoms with van der Waals surface area (Å²) in [5.74, 6) is -0.693. The standard InChI is InChI=1S/C13H14N2O2/c1-7-2-4-8(5-3-7)6-15-12(16)9-10(11(9)14)13(15)17/h2-5,9-11H,6,14H2,1H3. The Morgan fingerprint density at radius 1 is 1.12 bits per heavy atom. The van der Waals surface area contributed by atoms with E-state index in [1.165, 1.54) is 4.90 Å². The lowest BCUT2D eigenvalue weighted by Crippen LogP contribution is -2.36. The molecule has 1 aliphatic heterocycles. The Bertz CT molecular complexity index is 473. The minimum Gasteiger partial charge on any atom is -0.326 e. The molecule has 4 heteroatoms. The van der Waals surface area contributed by atoms with Crippen LogP contribution in [0.1, 0.15) is 11.1 Å². The molecule has 0 spiro atoms. The van der Waals surface area contributed by atoms with Crippen molar-refractivity contribution in [1.29, 1.82) is 0 Å². The van der Waals surface area contributed by atoms with Gasteiger partial charge in [-0.2, -0.15) is 0 Å². The zero-order valence-corrected chi connectivity index (χ0v) is 9.59. The number of rotatable bonds is 2. The van der Waals surface area contributed by atoms with E-state index in [4.69, 9.17) is 5.73 Å². The van der Waals surface area contributed by atoms with Crippen LogP contribution < -0.4 is 5.73 Å². The zero-order chi connectivity index (χ0) is 12.2. The molecule has 0 radical (unpaired) electrons. The van der Waals surface area contributed by atoms with Crippen LogP contribution in [0, 0.1) is 18.8 Å². The van der Waals surface area contributed by atoms with Crippen LogP contribution in [0.25, 0.3) is 0 Å². The van der Waals surface area contributed by atoms with E-state index in [2.05, 4.69) is 0 Å². The maximum Gasteiger partial charge on any atom is 0.235 e. The number of aryl methyl sites for hydroxylation is 1. The van der Waals surface area contributed by atoms with Crippen molar-refractivity contribution in [3.05, 3.63) is 35.4 Å². The Balaban J connectivity index is 1.77. The van der Waals surface area contributed by atoms with E-state index in [1.807, 2.05) is 31.2 Å². The molecule has 2 unspecified atom stereocenters. The first-order valence-corrected chi connectivity index (χ1v) is 5.76. The first-order chi connectivity index (χ1) is 8.09. The van der Waals surface area contributed by atoms with Gasteiger partial charge in [-0.25, -0.2) is 0 Å². The third-order valence-corrected chi connectivity index (χ3v) is 3.64. The van der Waals surface area contributed by atoms with Crippen molar-refractivity contribution in [2.45, 2.75) is 19.5 Å². The maximum atomic E-state index is 11.9. The number of nitrogens with zero attached hydrogens (tertiary/aromatic N) is 1. The molecule has 17 heavy (non-hydrogen) atoms. The number of piperidine rings is 1. The van der Waals surface area contributed by atoms with E-state index in [-0.39, 0.29) is 29.7 Å². The summed E-state index contributed by atoms with van der Waals surface area (Å²) < 4.78 is 0. The largest absolute Gasteiger partial charge is 0.326 e. The van der Waals surface area contributed by atoms with Crippen molar-refractivity contribution in [3.8, 4) is 0 Å². The van der Waals surface area contributed by atoms with Crippen molar-refractivity contribution in [3.63, 3.8) is 0 Å². The third kappa shape index (κ3) is 1.48. The topological polar surface area (TPSA) is 63.4 Å². The quantitative estimate of drug-likeness (QED) is 0.750. The van der Waals surface area contributed by atoms with E-state index >= 15 is 0 Å². The molecule has 4 nitrogen and oxygen atoms in total. The summed E-state index contributed by atoms with van der Waals surface area (Å²) in [6.07, 6.45) is 0. The predicted octanol–water partition coefficient (Wildman–Crippen LogP) is 0.437. The highest BCUT2D eigenvalue weighted by atomic mass is 16.2. The lowest BCUT2D eigenvalue weighted by Gasteiger charge is -2.17. The Morgan fingerprint density at radius 3 is 2.18 bits per heavy atom. The number of benzene rings is 1. The normalized spacial score (nSPS) is 30.7. The Kier molecular flexibility index (Phi) is 2.10. The minimum atomic E-state index is -0.243. The molecule has 1 aliphatic carbocycles. The zero-order valence-electron chi connectivity index (χ0n) is 9.59. The average Bonchev–Trinajstić information content (AvgIpc) is 2.90. The second-order valence-corrected chi connectivity index (χ2v) is 4.88. The lowest BCUT2D eigenvalue weighted by atomic mass is 10.1. The molecule has 2 aliphatic rings. The van der Waals surface area contributed by atoms with Crippen LogP contribution in [0.3, 0.4) is 0 Å². The monoisotopic (exact) mass is 230 g/mol. The van der Waals surface area contributed by atoms with Gasteiger partial charge >= 0.3 is 0 Å². The van der Waals surface area contributed by atoms with Crippen LogP contribution >= 0.6 is 0 Å². The van der Waals surface area contributed by atoms with Gasteiger partial charge in [-0.15, -0.1) is 0 Å². The molecule has 2 fully saturated rings. The molecule has 2 atom stereocenters. The summed E-state index contributed by atoms with van der Waals surface area (Å²) in [5, 5.41) is 0. The van der Waals surface area contributed by atoms with Crippen LogP contribution in [0.15, 0.2) is 24.3 Å². The molecule has 0 bridgehead atoms. The fourth-order valence-electron chi connectivity index (χ4n) is 2.47. The van der Waals surface area contributed by atoms with E-state index in [0.29, 0.717) is 6.54 Å². The fraction of sp³-hybridized carbons (Fsp3) is 0.385. The van der Waals surface area contributed by atoms with E-state index in [0.717, 1.165) is 11.1 Å². The molecule has 1 saturated heterocycles. The number of amides is 2. The summed E-state index contributed by atoms with van der Waals surface area (Å²) >= 11 is 0. The van der Waals surface area contributed by atoms with Gasteiger partial charge in [0.05, 0.1) is 18.4 Å². The number of fused-ring (bicyclic) bond motifs is 1. The number of hydrogen-bond acceptors (Lipinski definition) is 3. The molecule has 1 heterocycles. The van der Waals surface area contributed by atoms with Crippen LogP contribution in [0.4, 0.5) is 0 Å². The summed E-state index contributed by atoms with van der Waals surface area (Å²) in [6.45, 7) is 2.38. The summed E-state index contributed by atoms with van der Waals surface area (Å²) in [7, 11) is 0. The first-order valence-electron chi connectivity index (χ1n) is 5.76. The van der Waals surface area contributed by atoms with Gasteiger partial charge in [0.1, 0.15) is 0 Å². The first kappa shape index (κ1) is 10.5. The number of nitrogens with two attached hydrogens (primary N) is 1. The SMILES string of the molecule is Cc1ccc(CN2C(=O)C3C(N)C3C2=O)cc1. The molecular weight excluding hydrogens is 216 g/mol. The molecular formula is C13H14N2O2. The molecule has 0 aromatic heterocycles. The van der Waals surface area contributed by atoms with Crippen molar-refractivity contribution >= 4 is 11.8 Å². The third-order valence-electron chi connectivity index (χ3n) is 3.64. The van der Waals surface area contributed by atoms with Crippen molar-refractivity contribution in [2.75, 3.05) is 0 Å². The van der Waals surface area contributed by atoms with Gasteiger partial charge in [-0.3, -0.25) is 14.5 Å². The smallest absolute Gasteiger partial charge is 0.235 e. The van der Waals surface area contributed by atoms with Gasteiger partial charge in [-0.1, -0.05) is 29.8 Å². The molecule has 3 rings (SSSR count). The van der Waals surface area contributed by atoms with Crippen LogP contribution in [-0.4, -0.2) is 22.8 Å². The summed E-state index contributed by atoms with van der Waals surface area (Å²) in [5.41, 5.74) is 7.80. The van der Waals surface area contributed by atoms with Gasteiger partial charge in [0.15, 0.2) is 0 Å².